The molecule has 0 spiro atoms. The Morgan fingerprint density at radius 2 is 1.85 bits per heavy atom. The molecule has 0 saturated carbocycles. The molecular formula is C19H21N3O4S. The SMILES string of the molecule is Cc1ccc(CNC(=O)CNS(=O)(=O)c2ccc3c(c2)CC(=O)N3C)cc1. The van der Waals surface area contributed by atoms with Crippen molar-refractivity contribution in [1.82, 2.24) is 10.0 Å². The average molecular weight is 387 g/mol. The molecule has 0 atom stereocenters. The summed E-state index contributed by atoms with van der Waals surface area (Å²) < 4.78 is 27.1. The maximum absolute atomic E-state index is 12.4. The van der Waals surface area contributed by atoms with Crippen molar-refractivity contribution >= 4 is 27.5 Å². The number of carbonyl (C=O) groups excluding carboxylic acids is 2. The maximum Gasteiger partial charge on any atom is 0.241 e. The normalized spacial score (nSPS) is 13.6. The van der Waals surface area contributed by atoms with Crippen molar-refractivity contribution in [3.8, 4) is 0 Å². The molecule has 0 aromatic heterocycles. The highest BCUT2D eigenvalue weighted by Gasteiger charge is 2.26. The van der Waals surface area contributed by atoms with E-state index >= 15 is 0 Å². The zero-order valence-corrected chi connectivity index (χ0v) is 16.0. The molecule has 2 aromatic carbocycles. The Balaban J connectivity index is 1.58. The van der Waals surface area contributed by atoms with Crippen LogP contribution in [0, 0.1) is 6.92 Å². The van der Waals surface area contributed by atoms with Gasteiger partial charge in [0.05, 0.1) is 17.9 Å². The minimum atomic E-state index is -3.84. The number of fused-ring (bicyclic) bond motifs is 1. The van der Waals surface area contributed by atoms with E-state index in [0.29, 0.717) is 17.8 Å². The second-order valence-electron chi connectivity index (χ2n) is 6.51. The number of aryl methyl sites for hydroxylation is 1. The summed E-state index contributed by atoms with van der Waals surface area (Å²) in [6.45, 7) is 1.95. The van der Waals surface area contributed by atoms with Crippen LogP contribution in [0.4, 0.5) is 5.69 Å². The Kier molecular flexibility index (Phi) is 5.29. The fourth-order valence-electron chi connectivity index (χ4n) is 2.83. The molecule has 0 fully saturated rings. The third kappa shape index (κ3) is 4.35. The molecule has 1 heterocycles. The molecule has 0 bridgehead atoms. The predicted molar refractivity (Wildman–Crippen MR) is 102 cm³/mol. The van der Waals surface area contributed by atoms with Gasteiger partial charge in [0.2, 0.25) is 21.8 Å². The highest BCUT2D eigenvalue weighted by Crippen LogP contribution is 2.29. The van der Waals surface area contributed by atoms with E-state index in [2.05, 4.69) is 10.0 Å². The maximum atomic E-state index is 12.4. The van der Waals surface area contributed by atoms with Crippen LogP contribution in [0.15, 0.2) is 47.4 Å². The number of nitrogens with one attached hydrogen (secondary N) is 2. The number of hydrogen-bond acceptors (Lipinski definition) is 4. The van der Waals surface area contributed by atoms with Crippen LogP contribution in [0.5, 0.6) is 0 Å². The van der Waals surface area contributed by atoms with E-state index in [9.17, 15) is 18.0 Å². The standard InChI is InChI=1S/C19H21N3O4S/c1-13-3-5-14(6-4-13)11-20-18(23)12-21-27(25,26)16-7-8-17-15(9-16)10-19(24)22(17)2/h3-9,21H,10-12H2,1-2H3,(H,20,23). The number of amides is 2. The zero-order chi connectivity index (χ0) is 19.6. The molecule has 0 radical (unpaired) electrons. The summed E-state index contributed by atoms with van der Waals surface area (Å²) in [6.07, 6.45) is 0.173. The minimum Gasteiger partial charge on any atom is -0.351 e. The molecule has 3 rings (SSSR count). The number of rotatable bonds is 6. The van der Waals surface area contributed by atoms with Crippen molar-refractivity contribution in [1.29, 1.82) is 0 Å². The third-order valence-electron chi connectivity index (χ3n) is 4.47. The smallest absolute Gasteiger partial charge is 0.241 e. The van der Waals surface area contributed by atoms with Gasteiger partial charge in [-0.3, -0.25) is 9.59 Å². The van der Waals surface area contributed by atoms with Gasteiger partial charge in [0.15, 0.2) is 0 Å². The Morgan fingerprint density at radius 1 is 1.15 bits per heavy atom. The molecule has 27 heavy (non-hydrogen) atoms. The molecular weight excluding hydrogens is 366 g/mol. The van der Waals surface area contributed by atoms with E-state index in [1.54, 1.807) is 13.1 Å². The first-order chi connectivity index (χ1) is 12.8. The van der Waals surface area contributed by atoms with Crippen LogP contribution in [0.3, 0.4) is 0 Å². The number of benzene rings is 2. The van der Waals surface area contributed by atoms with Crippen molar-refractivity contribution in [2.45, 2.75) is 24.8 Å². The van der Waals surface area contributed by atoms with Gasteiger partial charge in [0, 0.05) is 19.3 Å². The van der Waals surface area contributed by atoms with Gasteiger partial charge in [0.25, 0.3) is 0 Å². The molecule has 0 unspecified atom stereocenters. The molecule has 2 N–H and O–H groups in total. The van der Waals surface area contributed by atoms with Gasteiger partial charge in [-0.1, -0.05) is 29.8 Å². The number of sulfonamides is 1. The van der Waals surface area contributed by atoms with E-state index in [1.165, 1.54) is 17.0 Å². The third-order valence-corrected chi connectivity index (χ3v) is 5.87. The lowest BCUT2D eigenvalue weighted by atomic mass is 10.1. The number of carbonyl (C=O) groups is 2. The monoisotopic (exact) mass is 387 g/mol. The molecule has 2 aromatic rings. The van der Waals surface area contributed by atoms with E-state index in [4.69, 9.17) is 0 Å². The fraction of sp³-hybridized carbons (Fsp3) is 0.263. The Labute approximate surface area is 158 Å². The molecule has 1 aliphatic rings. The quantitative estimate of drug-likeness (QED) is 0.776. The van der Waals surface area contributed by atoms with Crippen LogP contribution >= 0.6 is 0 Å². The van der Waals surface area contributed by atoms with Gasteiger partial charge in [-0.15, -0.1) is 0 Å². The summed E-state index contributed by atoms with van der Waals surface area (Å²) in [5.41, 5.74) is 3.42. The number of hydrogen-bond donors (Lipinski definition) is 2. The number of anilines is 1. The molecule has 7 nitrogen and oxygen atoms in total. The highest BCUT2D eigenvalue weighted by atomic mass is 32.2. The van der Waals surface area contributed by atoms with Crippen molar-refractivity contribution in [3.05, 3.63) is 59.2 Å². The van der Waals surface area contributed by atoms with Crippen LogP contribution in [0.2, 0.25) is 0 Å². The summed E-state index contributed by atoms with van der Waals surface area (Å²) >= 11 is 0. The van der Waals surface area contributed by atoms with Crippen LogP contribution in [0.25, 0.3) is 0 Å². The molecule has 0 saturated heterocycles. The van der Waals surface area contributed by atoms with Crippen LogP contribution in [-0.2, 0) is 32.6 Å². The summed E-state index contributed by atoms with van der Waals surface area (Å²) in [5, 5.41) is 2.68. The van der Waals surface area contributed by atoms with Crippen molar-refractivity contribution in [2.24, 2.45) is 0 Å². The lowest BCUT2D eigenvalue weighted by Gasteiger charge is -2.11. The molecule has 2 amide bonds. The Morgan fingerprint density at radius 3 is 2.56 bits per heavy atom. The zero-order valence-electron chi connectivity index (χ0n) is 15.2. The van der Waals surface area contributed by atoms with Gasteiger partial charge in [-0.05, 0) is 36.2 Å². The molecule has 1 aliphatic heterocycles. The summed E-state index contributed by atoms with van der Waals surface area (Å²) in [4.78, 5) is 25.2. The van der Waals surface area contributed by atoms with E-state index in [0.717, 1.165) is 11.1 Å². The van der Waals surface area contributed by atoms with Crippen molar-refractivity contribution < 1.29 is 18.0 Å². The fourth-order valence-corrected chi connectivity index (χ4v) is 3.86. The van der Waals surface area contributed by atoms with Gasteiger partial charge in [0.1, 0.15) is 0 Å². The largest absolute Gasteiger partial charge is 0.351 e. The summed E-state index contributed by atoms with van der Waals surface area (Å²) in [7, 11) is -2.19. The Hall–Kier alpha value is -2.71. The first-order valence-electron chi connectivity index (χ1n) is 8.47. The first kappa shape index (κ1) is 19.1. The van der Waals surface area contributed by atoms with Crippen LogP contribution in [-0.4, -0.2) is 33.8 Å². The predicted octanol–water partition coefficient (Wildman–Crippen LogP) is 1.11. The lowest BCUT2D eigenvalue weighted by Crippen LogP contribution is -2.36. The number of likely N-dealkylation sites (N-methyl/N-ethyl adjacent to an activating group) is 1. The van der Waals surface area contributed by atoms with Gasteiger partial charge >= 0.3 is 0 Å². The second kappa shape index (κ2) is 7.50. The minimum absolute atomic E-state index is 0.0377. The second-order valence-corrected chi connectivity index (χ2v) is 8.27. The van der Waals surface area contributed by atoms with E-state index in [-0.39, 0.29) is 23.8 Å². The van der Waals surface area contributed by atoms with Crippen molar-refractivity contribution in [3.63, 3.8) is 0 Å². The number of nitrogens with zero attached hydrogens (tertiary/aromatic N) is 1. The first-order valence-corrected chi connectivity index (χ1v) is 9.96. The molecule has 0 aliphatic carbocycles. The molecule has 142 valence electrons. The lowest BCUT2D eigenvalue weighted by molar-refractivity contribution is -0.120. The average Bonchev–Trinajstić information content (AvgIpc) is 2.93. The summed E-state index contributed by atoms with van der Waals surface area (Å²) in [5.74, 6) is -0.502. The molecule has 8 heteroatoms. The Bertz CT molecular complexity index is 985. The van der Waals surface area contributed by atoms with Gasteiger partial charge in [-0.25, -0.2) is 13.1 Å². The van der Waals surface area contributed by atoms with Gasteiger partial charge < -0.3 is 10.2 Å². The van der Waals surface area contributed by atoms with E-state index in [1.807, 2.05) is 31.2 Å². The summed E-state index contributed by atoms with van der Waals surface area (Å²) in [6, 6.07) is 12.2. The van der Waals surface area contributed by atoms with Crippen LogP contribution < -0.4 is 14.9 Å². The van der Waals surface area contributed by atoms with Gasteiger partial charge in [-0.2, -0.15) is 0 Å². The topological polar surface area (TPSA) is 95.6 Å². The highest BCUT2D eigenvalue weighted by molar-refractivity contribution is 7.89. The van der Waals surface area contributed by atoms with E-state index < -0.39 is 15.9 Å². The van der Waals surface area contributed by atoms with Crippen molar-refractivity contribution in [2.75, 3.05) is 18.5 Å². The van der Waals surface area contributed by atoms with Crippen LogP contribution in [0.1, 0.15) is 16.7 Å².